The minimum Gasteiger partial charge on any atom is -0.363 e. The van der Waals surface area contributed by atoms with Gasteiger partial charge < -0.3 is 15.5 Å². The largest absolute Gasteiger partial charge is 0.416 e. The van der Waals surface area contributed by atoms with E-state index in [0.717, 1.165) is 29.1 Å². The molecule has 8 heteroatoms. The van der Waals surface area contributed by atoms with Crippen molar-refractivity contribution in [3.63, 3.8) is 0 Å². The number of benzene rings is 1. The zero-order chi connectivity index (χ0) is 19.2. The van der Waals surface area contributed by atoms with Crippen molar-refractivity contribution in [3.8, 4) is 0 Å². The number of aliphatic imine (C=N–C) groups is 1. The van der Waals surface area contributed by atoms with Gasteiger partial charge in [-0.05, 0) is 35.4 Å². The van der Waals surface area contributed by atoms with E-state index < -0.39 is 11.7 Å². The van der Waals surface area contributed by atoms with Gasteiger partial charge in [-0.25, -0.2) is 4.98 Å². The maximum atomic E-state index is 12.6. The molecule has 0 bridgehead atoms. The van der Waals surface area contributed by atoms with Crippen LogP contribution < -0.4 is 15.5 Å². The minimum absolute atomic E-state index is 0.372. The van der Waals surface area contributed by atoms with Crippen LogP contribution in [0, 0.1) is 0 Å². The van der Waals surface area contributed by atoms with Crippen LogP contribution in [-0.2, 0) is 19.3 Å². The topological polar surface area (TPSA) is 52.6 Å². The molecule has 1 aromatic carbocycles. The molecule has 0 unspecified atom stereocenters. The number of rotatable bonds is 5. The van der Waals surface area contributed by atoms with Crippen LogP contribution in [0.4, 0.5) is 19.0 Å². The Balaban J connectivity index is 1.89. The van der Waals surface area contributed by atoms with E-state index in [1.165, 1.54) is 12.1 Å². The molecular weight excluding hydrogens is 343 g/mol. The van der Waals surface area contributed by atoms with Crippen LogP contribution in [0.2, 0.25) is 0 Å². The lowest BCUT2D eigenvalue weighted by atomic mass is 10.1. The van der Waals surface area contributed by atoms with Crippen molar-refractivity contribution in [2.75, 3.05) is 26.0 Å². The van der Waals surface area contributed by atoms with Crippen molar-refractivity contribution in [2.45, 2.75) is 19.3 Å². The molecule has 2 N–H and O–H groups in total. The summed E-state index contributed by atoms with van der Waals surface area (Å²) < 4.78 is 37.7. The first-order valence-electron chi connectivity index (χ1n) is 8.02. The predicted octanol–water partition coefficient (Wildman–Crippen LogP) is 3.03. The summed E-state index contributed by atoms with van der Waals surface area (Å²) in [6.07, 6.45) is -2.58. The third kappa shape index (κ3) is 5.65. The van der Waals surface area contributed by atoms with E-state index in [4.69, 9.17) is 0 Å². The van der Waals surface area contributed by atoms with Gasteiger partial charge in [-0.15, -0.1) is 0 Å². The van der Waals surface area contributed by atoms with E-state index >= 15 is 0 Å². The molecule has 0 saturated carbocycles. The fourth-order valence-electron chi connectivity index (χ4n) is 2.22. The highest BCUT2D eigenvalue weighted by Gasteiger charge is 2.29. The number of anilines is 1. The van der Waals surface area contributed by atoms with Gasteiger partial charge in [-0.1, -0.05) is 12.1 Å². The van der Waals surface area contributed by atoms with Crippen molar-refractivity contribution < 1.29 is 13.2 Å². The van der Waals surface area contributed by atoms with Gasteiger partial charge in [0.1, 0.15) is 5.82 Å². The number of nitrogens with zero attached hydrogens (tertiary/aromatic N) is 3. The molecule has 140 valence electrons. The molecule has 5 nitrogen and oxygen atoms in total. The Morgan fingerprint density at radius 1 is 1.04 bits per heavy atom. The summed E-state index contributed by atoms with van der Waals surface area (Å²) in [5.41, 5.74) is 1.12. The molecule has 0 aliphatic rings. The summed E-state index contributed by atoms with van der Waals surface area (Å²) in [6.45, 7) is 0.924. The van der Waals surface area contributed by atoms with Crippen LogP contribution in [0.3, 0.4) is 0 Å². The van der Waals surface area contributed by atoms with Crippen molar-refractivity contribution in [1.29, 1.82) is 0 Å². The van der Waals surface area contributed by atoms with Gasteiger partial charge in [0.15, 0.2) is 5.96 Å². The molecule has 0 spiro atoms. The third-order valence-corrected chi connectivity index (χ3v) is 3.69. The summed E-state index contributed by atoms with van der Waals surface area (Å²) >= 11 is 0. The van der Waals surface area contributed by atoms with Crippen LogP contribution in [0.1, 0.15) is 16.7 Å². The van der Waals surface area contributed by atoms with Gasteiger partial charge in [0.25, 0.3) is 0 Å². The average Bonchev–Trinajstić information content (AvgIpc) is 2.61. The van der Waals surface area contributed by atoms with Crippen LogP contribution in [-0.4, -0.2) is 32.1 Å². The number of hydrogen-bond acceptors (Lipinski definition) is 3. The third-order valence-electron chi connectivity index (χ3n) is 3.69. The second-order valence-corrected chi connectivity index (χ2v) is 5.89. The number of halogens is 3. The molecule has 0 amide bonds. The Morgan fingerprint density at radius 2 is 1.65 bits per heavy atom. The second kappa shape index (κ2) is 8.55. The highest BCUT2D eigenvalue weighted by molar-refractivity contribution is 5.79. The van der Waals surface area contributed by atoms with Crippen molar-refractivity contribution in [2.24, 2.45) is 4.99 Å². The SMILES string of the molecule is CN=C(NCc1ccc(C(F)(F)F)cc1)NCc1ccnc(N(C)C)c1. The number of aromatic nitrogens is 1. The molecular formula is C18H22F3N5. The van der Waals surface area contributed by atoms with Gasteiger partial charge in [0.05, 0.1) is 5.56 Å². The second-order valence-electron chi connectivity index (χ2n) is 5.89. The average molecular weight is 365 g/mol. The number of hydrogen-bond donors (Lipinski definition) is 2. The first kappa shape index (κ1) is 19.6. The summed E-state index contributed by atoms with van der Waals surface area (Å²) in [6, 6.07) is 8.93. The number of guanidine groups is 1. The van der Waals surface area contributed by atoms with Gasteiger partial charge in [0, 0.05) is 40.4 Å². The van der Waals surface area contributed by atoms with Gasteiger partial charge in [0.2, 0.25) is 0 Å². The molecule has 0 fully saturated rings. The molecule has 0 saturated heterocycles. The zero-order valence-electron chi connectivity index (χ0n) is 14.9. The van der Waals surface area contributed by atoms with Gasteiger partial charge in [-0.2, -0.15) is 13.2 Å². The smallest absolute Gasteiger partial charge is 0.363 e. The van der Waals surface area contributed by atoms with Gasteiger partial charge >= 0.3 is 6.18 Å². The molecule has 0 radical (unpaired) electrons. The summed E-state index contributed by atoms with van der Waals surface area (Å²) in [7, 11) is 5.48. The lowest BCUT2D eigenvalue weighted by molar-refractivity contribution is -0.137. The predicted molar refractivity (Wildman–Crippen MR) is 97.0 cm³/mol. The molecule has 26 heavy (non-hydrogen) atoms. The van der Waals surface area contributed by atoms with Gasteiger partial charge in [-0.3, -0.25) is 4.99 Å². The monoisotopic (exact) mass is 365 g/mol. The Labute approximate surface area is 151 Å². The fraction of sp³-hybridized carbons (Fsp3) is 0.333. The lowest BCUT2D eigenvalue weighted by Gasteiger charge is -2.15. The zero-order valence-corrected chi connectivity index (χ0v) is 14.9. The van der Waals surface area contributed by atoms with Crippen LogP contribution in [0.15, 0.2) is 47.6 Å². The maximum Gasteiger partial charge on any atom is 0.416 e. The lowest BCUT2D eigenvalue weighted by Crippen LogP contribution is -2.36. The summed E-state index contributed by atoms with van der Waals surface area (Å²) in [5.74, 6) is 1.42. The Hall–Kier alpha value is -2.77. The molecule has 0 atom stereocenters. The maximum absolute atomic E-state index is 12.6. The molecule has 1 aromatic heterocycles. The highest BCUT2D eigenvalue weighted by Crippen LogP contribution is 2.29. The molecule has 2 aromatic rings. The first-order chi connectivity index (χ1) is 12.3. The molecule has 0 aliphatic carbocycles. The highest BCUT2D eigenvalue weighted by atomic mass is 19.4. The Kier molecular flexibility index (Phi) is 6.43. The number of pyridine rings is 1. The number of alkyl halides is 3. The summed E-state index contributed by atoms with van der Waals surface area (Å²) in [5, 5.41) is 6.25. The van der Waals surface area contributed by atoms with Crippen LogP contribution >= 0.6 is 0 Å². The molecule has 1 heterocycles. The van der Waals surface area contributed by atoms with E-state index in [-0.39, 0.29) is 0 Å². The van der Waals surface area contributed by atoms with Crippen molar-refractivity contribution >= 4 is 11.8 Å². The van der Waals surface area contributed by atoms with E-state index in [0.29, 0.717) is 19.0 Å². The van der Waals surface area contributed by atoms with E-state index in [1.54, 1.807) is 13.2 Å². The normalized spacial score (nSPS) is 12.0. The Bertz CT molecular complexity index is 739. The van der Waals surface area contributed by atoms with Crippen molar-refractivity contribution in [1.82, 2.24) is 15.6 Å². The van der Waals surface area contributed by atoms with E-state index in [2.05, 4.69) is 20.6 Å². The van der Waals surface area contributed by atoms with Crippen molar-refractivity contribution in [3.05, 3.63) is 59.3 Å². The van der Waals surface area contributed by atoms with Crippen LogP contribution in [0.25, 0.3) is 0 Å². The minimum atomic E-state index is -4.32. The molecule has 0 aliphatic heterocycles. The summed E-state index contributed by atoms with van der Waals surface area (Å²) in [4.78, 5) is 10.3. The first-order valence-corrected chi connectivity index (χ1v) is 8.02. The fourth-order valence-corrected chi connectivity index (χ4v) is 2.22. The van der Waals surface area contributed by atoms with Crippen LogP contribution in [0.5, 0.6) is 0 Å². The Morgan fingerprint density at radius 3 is 2.19 bits per heavy atom. The van der Waals surface area contributed by atoms with E-state index in [1.807, 2.05) is 31.1 Å². The molecule has 2 rings (SSSR count). The number of nitrogens with one attached hydrogen (secondary N) is 2. The quantitative estimate of drug-likeness (QED) is 0.632. The standard InChI is InChI=1S/C18H22F3N5/c1-22-17(25-12-14-8-9-23-16(10-14)26(2)3)24-11-13-4-6-15(7-5-13)18(19,20)21/h4-10H,11-12H2,1-3H3,(H2,22,24,25). The van der Waals surface area contributed by atoms with E-state index in [9.17, 15) is 13.2 Å².